The van der Waals surface area contributed by atoms with Crippen molar-refractivity contribution in [3.05, 3.63) is 61.2 Å². The van der Waals surface area contributed by atoms with Gasteiger partial charge in [-0.1, -0.05) is 84.3 Å². The van der Waals surface area contributed by atoms with Gasteiger partial charge in [0.25, 0.3) is 0 Å². The quantitative estimate of drug-likeness (QED) is 0.251. The van der Waals surface area contributed by atoms with E-state index >= 15 is 0 Å². The van der Waals surface area contributed by atoms with Crippen molar-refractivity contribution in [3.63, 3.8) is 0 Å². The second-order valence-electron chi connectivity index (χ2n) is 11.0. The highest BCUT2D eigenvalue weighted by Gasteiger charge is 2.77. The van der Waals surface area contributed by atoms with Gasteiger partial charge in [0.1, 0.15) is 18.2 Å². The molecular weight excluding hydrogens is 564 g/mol. The number of carbonyl (C=O) groups excluding carboxylic acids is 3. The molecule has 3 saturated heterocycles. The molecule has 1 aliphatic carbocycles. The zero-order valence-corrected chi connectivity index (χ0v) is 23.7. The Balaban J connectivity index is 1.61. The molecule has 1 spiro atoms. The predicted octanol–water partition coefficient (Wildman–Crippen LogP) is 3.54. The number of fused-ring (bicyclic) bond motifs is 1. The van der Waals surface area contributed by atoms with Gasteiger partial charge in [-0.25, -0.2) is 0 Å². The average molecular weight is 602 g/mol. The minimum atomic E-state index is -1.22. The lowest BCUT2D eigenvalue weighted by Gasteiger charge is -2.42. The highest BCUT2D eigenvalue weighted by atomic mass is 79.9. The Hall–Kier alpha value is -2.49. The van der Waals surface area contributed by atoms with Gasteiger partial charge < -0.3 is 24.4 Å². The summed E-state index contributed by atoms with van der Waals surface area (Å²) < 4.78 is 12.0. The number of aliphatic hydroxyl groups excluding tert-OH is 1. The zero-order valence-electron chi connectivity index (χ0n) is 22.1. The van der Waals surface area contributed by atoms with Crippen molar-refractivity contribution >= 4 is 33.7 Å². The first-order chi connectivity index (χ1) is 18.9. The van der Waals surface area contributed by atoms with Gasteiger partial charge in [-0.15, -0.1) is 6.58 Å². The standard InChI is InChI=1S/C30H37BrN2O6/c1-3-15-32(20-13-9-6-10-14-20)28(36)26-30-17-21(31)25(39-30)23(29(37)38-16-4-2)24(30)27(35)33(26)22(18-34)19-11-7-5-8-12-19/h3-5,7-8,11-12,20-26,34H,1-2,6,9-10,13-18H2/t21?,22-,23-,24+,25-,26?,30?/m1/s1. The zero-order chi connectivity index (χ0) is 27.7. The number of halogens is 1. The summed E-state index contributed by atoms with van der Waals surface area (Å²) in [6, 6.07) is 7.48. The molecule has 2 bridgehead atoms. The summed E-state index contributed by atoms with van der Waals surface area (Å²) >= 11 is 3.69. The number of carbonyl (C=O) groups is 3. The Bertz CT molecular complexity index is 1110. The molecule has 4 fully saturated rings. The molecule has 210 valence electrons. The molecule has 3 heterocycles. The second kappa shape index (κ2) is 11.6. The van der Waals surface area contributed by atoms with Gasteiger partial charge in [0.2, 0.25) is 11.8 Å². The van der Waals surface area contributed by atoms with Crippen LogP contribution in [0, 0.1) is 11.8 Å². The van der Waals surface area contributed by atoms with Crippen LogP contribution in [0.2, 0.25) is 0 Å². The topological polar surface area (TPSA) is 96.4 Å². The van der Waals surface area contributed by atoms with Crippen LogP contribution in [0.4, 0.5) is 0 Å². The molecule has 9 heteroatoms. The fraction of sp³-hybridized carbons (Fsp3) is 0.567. The average Bonchev–Trinajstić information content (AvgIpc) is 3.55. The van der Waals surface area contributed by atoms with Crippen LogP contribution in [-0.2, 0) is 23.9 Å². The van der Waals surface area contributed by atoms with E-state index in [2.05, 4.69) is 29.1 Å². The van der Waals surface area contributed by atoms with Crippen LogP contribution in [0.3, 0.4) is 0 Å². The third-order valence-corrected chi connectivity index (χ3v) is 9.74. The minimum absolute atomic E-state index is 0.0209. The maximum atomic E-state index is 14.7. The Kier molecular flexibility index (Phi) is 8.31. The number of ether oxygens (including phenoxy) is 2. The summed E-state index contributed by atoms with van der Waals surface area (Å²) in [5, 5.41) is 10.6. The summed E-state index contributed by atoms with van der Waals surface area (Å²) in [5.41, 5.74) is -0.507. The van der Waals surface area contributed by atoms with E-state index in [1.807, 2.05) is 35.2 Å². The summed E-state index contributed by atoms with van der Waals surface area (Å²) in [5.74, 6) is -2.87. The van der Waals surface area contributed by atoms with Crippen LogP contribution in [0.1, 0.15) is 50.1 Å². The van der Waals surface area contributed by atoms with E-state index in [0.29, 0.717) is 18.5 Å². The first-order valence-corrected chi connectivity index (χ1v) is 14.8. The van der Waals surface area contributed by atoms with Crippen molar-refractivity contribution in [2.45, 2.75) is 73.2 Å². The Morgan fingerprint density at radius 2 is 1.92 bits per heavy atom. The number of aliphatic hydroxyl groups is 1. The highest BCUT2D eigenvalue weighted by Crippen LogP contribution is 2.61. The molecule has 3 aliphatic heterocycles. The number of alkyl halides is 1. The number of hydrogen-bond acceptors (Lipinski definition) is 6. The molecule has 1 aromatic carbocycles. The van der Waals surface area contributed by atoms with Crippen LogP contribution >= 0.6 is 15.9 Å². The number of rotatable bonds is 10. The fourth-order valence-corrected chi connectivity index (χ4v) is 8.27. The molecule has 5 rings (SSSR count). The SMILES string of the molecule is C=CCOC(=O)[C@H]1[C@@H]2OC3(CC2Br)C(C(=O)N(CC=C)C2CCCCC2)N([C@H](CO)c2ccccc2)C(=O)[C@H]13. The van der Waals surface area contributed by atoms with Crippen molar-refractivity contribution in [1.29, 1.82) is 0 Å². The molecular formula is C30H37BrN2O6. The lowest BCUT2D eigenvalue weighted by molar-refractivity contribution is -0.156. The number of amides is 2. The van der Waals surface area contributed by atoms with Crippen LogP contribution in [0.15, 0.2) is 55.6 Å². The van der Waals surface area contributed by atoms with Crippen molar-refractivity contribution < 1.29 is 29.0 Å². The first kappa shape index (κ1) is 28.1. The summed E-state index contributed by atoms with van der Waals surface area (Å²) in [6.07, 6.45) is 7.99. The van der Waals surface area contributed by atoms with Crippen LogP contribution in [-0.4, -0.2) is 81.1 Å². The largest absolute Gasteiger partial charge is 0.461 e. The Morgan fingerprint density at radius 1 is 1.21 bits per heavy atom. The molecule has 8 nitrogen and oxygen atoms in total. The van der Waals surface area contributed by atoms with Gasteiger partial charge in [-0.2, -0.15) is 0 Å². The van der Waals surface area contributed by atoms with Gasteiger partial charge in [0.05, 0.1) is 30.6 Å². The molecule has 1 aromatic rings. The monoisotopic (exact) mass is 600 g/mol. The van der Waals surface area contributed by atoms with E-state index in [1.54, 1.807) is 6.08 Å². The van der Waals surface area contributed by atoms with E-state index in [-0.39, 0.29) is 35.9 Å². The summed E-state index contributed by atoms with van der Waals surface area (Å²) in [6.45, 7) is 7.52. The number of esters is 1. The Morgan fingerprint density at radius 3 is 2.56 bits per heavy atom. The van der Waals surface area contributed by atoms with Gasteiger partial charge in [-0.05, 0) is 24.8 Å². The molecule has 0 aromatic heterocycles. The summed E-state index contributed by atoms with van der Waals surface area (Å²) in [4.78, 5) is 45.5. The van der Waals surface area contributed by atoms with Gasteiger partial charge in [0, 0.05) is 17.4 Å². The maximum absolute atomic E-state index is 14.7. The van der Waals surface area contributed by atoms with E-state index in [0.717, 1.165) is 32.1 Å². The number of benzene rings is 1. The number of nitrogens with zero attached hydrogens (tertiary/aromatic N) is 2. The van der Waals surface area contributed by atoms with Crippen molar-refractivity contribution in [3.8, 4) is 0 Å². The van der Waals surface area contributed by atoms with Crippen molar-refractivity contribution in [2.75, 3.05) is 19.8 Å². The molecule has 7 atom stereocenters. The van der Waals surface area contributed by atoms with Gasteiger partial charge >= 0.3 is 5.97 Å². The van der Waals surface area contributed by atoms with E-state index in [9.17, 15) is 19.5 Å². The maximum Gasteiger partial charge on any atom is 0.312 e. The molecule has 0 radical (unpaired) electrons. The molecule has 1 saturated carbocycles. The third kappa shape index (κ3) is 4.66. The predicted molar refractivity (Wildman–Crippen MR) is 149 cm³/mol. The van der Waals surface area contributed by atoms with E-state index in [4.69, 9.17) is 9.47 Å². The fourth-order valence-electron chi connectivity index (χ4n) is 7.33. The van der Waals surface area contributed by atoms with Gasteiger partial charge in [-0.3, -0.25) is 14.4 Å². The molecule has 1 N–H and O–H groups in total. The molecule has 3 unspecified atom stereocenters. The second-order valence-corrected chi connectivity index (χ2v) is 12.2. The van der Waals surface area contributed by atoms with E-state index < -0.39 is 41.6 Å². The number of likely N-dealkylation sites (tertiary alicyclic amines) is 1. The normalized spacial score (nSPS) is 32.5. The third-order valence-electron chi connectivity index (χ3n) is 8.89. The van der Waals surface area contributed by atoms with Crippen molar-refractivity contribution in [2.24, 2.45) is 11.8 Å². The van der Waals surface area contributed by atoms with Crippen LogP contribution < -0.4 is 0 Å². The van der Waals surface area contributed by atoms with Gasteiger partial charge in [0.15, 0.2) is 0 Å². The Labute approximate surface area is 238 Å². The minimum Gasteiger partial charge on any atom is -0.461 e. The highest BCUT2D eigenvalue weighted by molar-refractivity contribution is 9.09. The van der Waals surface area contributed by atoms with E-state index in [1.165, 1.54) is 11.0 Å². The molecule has 4 aliphatic rings. The number of hydrogen-bond donors (Lipinski definition) is 1. The molecule has 39 heavy (non-hydrogen) atoms. The summed E-state index contributed by atoms with van der Waals surface area (Å²) in [7, 11) is 0. The molecule has 2 amide bonds. The smallest absolute Gasteiger partial charge is 0.312 e. The lowest BCUT2D eigenvalue weighted by Crippen LogP contribution is -2.59. The first-order valence-electron chi connectivity index (χ1n) is 13.9. The van der Waals surface area contributed by atoms with Crippen LogP contribution in [0.5, 0.6) is 0 Å². The van der Waals surface area contributed by atoms with Crippen LogP contribution in [0.25, 0.3) is 0 Å². The van der Waals surface area contributed by atoms with Crippen molar-refractivity contribution in [1.82, 2.24) is 9.80 Å². The lowest BCUT2D eigenvalue weighted by atomic mass is 9.70.